The Hall–Kier alpha value is -1.62. The van der Waals surface area contributed by atoms with Crippen molar-refractivity contribution in [2.24, 2.45) is 5.41 Å². The van der Waals surface area contributed by atoms with E-state index in [1.807, 2.05) is 0 Å². The van der Waals surface area contributed by atoms with Crippen LogP contribution in [0.25, 0.3) is 0 Å². The van der Waals surface area contributed by atoms with E-state index in [1.165, 1.54) is 12.4 Å². The van der Waals surface area contributed by atoms with E-state index in [2.05, 4.69) is 10.3 Å². The fourth-order valence-electron chi connectivity index (χ4n) is 2.96. The van der Waals surface area contributed by atoms with Crippen LogP contribution in [0.15, 0.2) is 18.5 Å². The molecule has 1 fully saturated rings. The molecule has 0 saturated heterocycles. The van der Waals surface area contributed by atoms with Gasteiger partial charge >= 0.3 is 5.97 Å². The first-order valence-electron chi connectivity index (χ1n) is 7.12. The van der Waals surface area contributed by atoms with E-state index in [-0.39, 0.29) is 17.7 Å². The number of rotatable bonds is 5. The third kappa shape index (κ3) is 4.17. The number of nitrogens with zero attached hydrogens (tertiary/aromatic N) is 1. The van der Waals surface area contributed by atoms with Gasteiger partial charge in [0.25, 0.3) is 5.91 Å². The van der Waals surface area contributed by atoms with Crippen LogP contribution in [0, 0.1) is 5.41 Å². The first-order chi connectivity index (χ1) is 10.0. The van der Waals surface area contributed by atoms with E-state index in [9.17, 15) is 9.59 Å². The van der Waals surface area contributed by atoms with Crippen molar-refractivity contribution in [1.82, 2.24) is 10.3 Å². The van der Waals surface area contributed by atoms with Gasteiger partial charge in [-0.05, 0) is 24.3 Å². The lowest BCUT2D eigenvalue weighted by atomic mass is 9.71. The minimum atomic E-state index is -0.812. The van der Waals surface area contributed by atoms with Gasteiger partial charge in [-0.15, -0.1) is 0 Å². The van der Waals surface area contributed by atoms with Gasteiger partial charge in [0.15, 0.2) is 0 Å². The van der Waals surface area contributed by atoms with Crippen molar-refractivity contribution >= 4 is 23.5 Å². The predicted molar refractivity (Wildman–Crippen MR) is 79.4 cm³/mol. The summed E-state index contributed by atoms with van der Waals surface area (Å²) in [5.74, 6) is -1.09. The number of carbonyl (C=O) groups is 2. The fraction of sp³-hybridized carbons (Fsp3) is 0.533. The van der Waals surface area contributed by atoms with Crippen molar-refractivity contribution in [2.45, 2.75) is 38.5 Å². The van der Waals surface area contributed by atoms with Gasteiger partial charge in [0, 0.05) is 18.9 Å². The monoisotopic (exact) mass is 310 g/mol. The number of amides is 1. The molecule has 0 radical (unpaired) electrons. The first kappa shape index (κ1) is 15.8. The molecule has 1 aliphatic rings. The maximum atomic E-state index is 12.2. The average Bonchev–Trinajstić information content (AvgIpc) is 2.46. The highest BCUT2D eigenvalue weighted by molar-refractivity contribution is 6.33. The van der Waals surface area contributed by atoms with E-state index in [0.29, 0.717) is 17.1 Å². The summed E-state index contributed by atoms with van der Waals surface area (Å²) in [5.41, 5.74) is 0.0344. The number of carboxylic acid groups (broad SMARTS) is 1. The maximum Gasteiger partial charge on any atom is 0.303 e. The number of nitrogens with one attached hydrogen (secondary N) is 1. The molecule has 1 amide bonds. The number of carboxylic acids is 1. The predicted octanol–water partition coefficient (Wildman–Crippen LogP) is 2.89. The lowest BCUT2D eigenvalue weighted by Crippen LogP contribution is -2.40. The smallest absolute Gasteiger partial charge is 0.303 e. The molecule has 0 bridgehead atoms. The third-order valence-corrected chi connectivity index (χ3v) is 4.38. The maximum absolute atomic E-state index is 12.2. The van der Waals surface area contributed by atoms with Crippen molar-refractivity contribution < 1.29 is 14.7 Å². The Morgan fingerprint density at radius 2 is 2.05 bits per heavy atom. The Morgan fingerprint density at radius 3 is 2.67 bits per heavy atom. The zero-order valence-corrected chi connectivity index (χ0v) is 12.5. The van der Waals surface area contributed by atoms with Gasteiger partial charge in [-0.1, -0.05) is 30.9 Å². The Morgan fingerprint density at radius 1 is 1.33 bits per heavy atom. The normalized spacial score (nSPS) is 17.2. The largest absolute Gasteiger partial charge is 0.481 e. The standard InChI is InChI=1S/C15H19ClN2O3/c16-12-9-17-7-4-11(12)14(21)18-10-15(8-13(19)20)5-2-1-3-6-15/h4,7,9H,1-3,5-6,8,10H2,(H,18,21)(H,19,20). The number of hydrogen-bond acceptors (Lipinski definition) is 3. The highest BCUT2D eigenvalue weighted by atomic mass is 35.5. The Balaban J connectivity index is 2.03. The quantitative estimate of drug-likeness (QED) is 0.876. The molecule has 1 heterocycles. The molecule has 114 valence electrons. The lowest BCUT2D eigenvalue weighted by Gasteiger charge is -2.36. The SMILES string of the molecule is O=C(O)CC1(CNC(=O)c2ccncc2Cl)CCCCC1. The molecule has 1 saturated carbocycles. The molecule has 0 spiro atoms. The van der Waals surface area contributed by atoms with Crippen LogP contribution in [0.5, 0.6) is 0 Å². The van der Waals surface area contributed by atoms with Crippen molar-refractivity contribution in [3.8, 4) is 0 Å². The Labute approximate surface area is 128 Å². The van der Waals surface area contributed by atoms with Crippen LogP contribution in [0.1, 0.15) is 48.9 Å². The van der Waals surface area contributed by atoms with Crippen LogP contribution < -0.4 is 5.32 Å². The van der Waals surface area contributed by atoms with Gasteiger partial charge in [0.2, 0.25) is 0 Å². The van der Waals surface area contributed by atoms with Crippen LogP contribution in [-0.4, -0.2) is 28.5 Å². The van der Waals surface area contributed by atoms with Crippen LogP contribution in [0.2, 0.25) is 5.02 Å². The Bertz CT molecular complexity index is 527. The van der Waals surface area contributed by atoms with Gasteiger partial charge in [-0.25, -0.2) is 0 Å². The minimum absolute atomic E-state index is 0.0946. The highest BCUT2D eigenvalue weighted by Crippen LogP contribution is 2.38. The molecule has 1 aliphatic carbocycles. The van der Waals surface area contributed by atoms with E-state index in [4.69, 9.17) is 16.7 Å². The molecular formula is C15H19ClN2O3. The van der Waals surface area contributed by atoms with Gasteiger partial charge in [0.05, 0.1) is 17.0 Å². The number of carbonyl (C=O) groups excluding carboxylic acids is 1. The number of halogens is 1. The number of pyridine rings is 1. The van der Waals surface area contributed by atoms with Gasteiger partial charge in [-0.2, -0.15) is 0 Å². The van der Waals surface area contributed by atoms with Crippen molar-refractivity contribution in [3.63, 3.8) is 0 Å². The lowest BCUT2D eigenvalue weighted by molar-refractivity contribution is -0.140. The molecule has 6 heteroatoms. The summed E-state index contributed by atoms with van der Waals surface area (Å²) in [4.78, 5) is 27.1. The van der Waals surface area contributed by atoms with E-state index >= 15 is 0 Å². The second-order valence-electron chi connectivity index (χ2n) is 5.67. The molecule has 1 aromatic heterocycles. The average molecular weight is 311 g/mol. The van der Waals surface area contributed by atoms with Gasteiger partial charge in [0.1, 0.15) is 0 Å². The Kier molecular flexibility index (Phi) is 5.17. The zero-order chi connectivity index (χ0) is 15.3. The molecule has 5 nitrogen and oxygen atoms in total. The van der Waals surface area contributed by atoms with Crippen molar-refractivity contribution in [1.29, 1.82) is 0 Å². The van der Waals surface area contributed by atoms with Crippen LogP contribution in [-0.2, 0) is 4.79 Å². The number of aromatic nitrogens is 1. The van der Waals surface area contributed by atoms with Crippen molar-refractivity contribution in [2.75, 3.05) is 6.54 Å². The summed E-state index contributed by atoms with van der Waals surface area (Å²) in [7, 11) is 0. The zero-order valence-electron chi connectivity index (χ0n) is 11.8. The molecule has 2 rings (SSSR count). The van der Waals surface area contributed by atoms with E-state index < -0.39 is 5.97 Å². The van der Waals surface area contributed by atoms with Crippen LogP contribution in [0.4, 0.5) is 0 Å². The number of hydrogen-bond donors (Lipinski definition) is 2. The topological polar surface area (TPSA) is 79.3 Å². The number of aliphatic carboxylic acids is 1. The summed E-state index contributed by atoms with van der Waals surface area (Å²) in [6.45, 7) is 0.372. The first-order valence-corrected chi connectivity index (χ1v) is 7.50. The summed E-state index contributed by atoms with van der Waals surface area (Å²) in [6, 6.07) is 1.56. The molecule has 21 heavy (non-hydrogen) atoms. The van der Waals surface area contributed by atoms with E-state index in [1.54, 1.807) is 6.07 Å². The van der Waals surface area contributed by atoms with Crippen LogP contribution >= 0.6 is 11.6 Å². The summed E-state index contributed by atoms with van der Waals surface area (Å²) in [6.07, 6.45) is 7.85. The summed E-state index contributed by atoms with van der Waals surface area (Å²) >= 11 is 5.94. The third-order valence-electron chi connectivity index (χ3n) is 4.08. The van der Waals surface area contributed by atoms with Crippen LogP contribution in [0.3, 0.4) is 0 Å². The van der Waals surface area contributed by atoms with Gasteiger partial charge < -0.3 is 10.4 Å². The van der Waals surface area contributed by atoms with Crippen molar-refractivity contribution in [3.05, 3.63) is 29.0 Å². The molecule has 1 aromatic rings. The molecule has 0 unspecified atom stereocenters. The fourth-order valence-corrected chi connectivity index (χ4v) is 3.17. The molecule has 0 aliphatic heterocycles. The second kappa shape index (κ2) is 6.89. The summed E-state index contributed by atoms with van der Waals surface area (Å²) < 4.78 is 0. The minimum Gasteiger partial charge on any atom is -0.481 e. The second-order valence-corrected chi connectivity index (χ2v) is 6.08. The van der Waals surface area contributed by atoms with Gasteiger partial charge in [-0.3, -0.25) is 14.6 Å². The molecule has 0 atom stereocenters. The molecule has 2 N–H and O–H groups in total. The van der Waals surface area contributed by atoms with E-state index in [0.717, 1.165) is 32.1 Å². The molecular weight excluding hydrogens is 292 g/mol. The molecule has 0 aromatic carbocycles. The highest BCUT2D eigenvalue weighted by Gasteiger charge is 2.34. The summed E-state index contributed by atoms with van der Waals surface area (Å²) in [5, 5.41) is 12.3.